The van der Waals surface area contributed by atoms with Crippen LogP contribution in [0.15, 0.2) is 47.3 Å². The normalized spacial score (nSPS) is 11.8. The first-order valence-corrected chi connectivity index (χ1v) is 10.8. The highest BCUT2D eigenvalue weighted by Gasteiger charge is 2.16. The van der Waals surface area contributed by atoms with Gasteiger partial charge in [0.15, 0.2) is 18.1 Å². The first-order chi connectivity index (χ1) is 15.8. The van der Waals surface area contributed by atoms with E-state index in [0.717, 1.165) is 16.6 Å². The van der Waals surface area contributed by atoms with E-state index in [1.54, 1.807) is 41.3 Å². The molecule has 0 bridgehead atoms. The maximum absolute atomic E-state index is 12.6. The van der Waals surface area contributed by atoms with Gasteiger partial charge in [0.2, 0.25) is 5.91 Å². The van der Waals surface area contributed by atoms with E-state index in [-0.39, 0.29) is 43.8 Å². The number of para-hydroxylation sites is 2. The summed E-state index contributed by atoms with van der Waals surface area (Å²) in [5, 5.41) is 2.95. The van der Waals surface area contributed by atoms with Crippen molar-refractivity contribution >= 4 is 22.9 Å². The van der Waals surface area contributed by atoms with Crippen molar-refractivity contribution in [1.29, 1.82) is 0 Å². The topological polar surface area (TPSA) is 101 Å². The van der Waals surface area contributed by atoms with Crippen LogP contribution in [0.1, 0.15) is 31.9 Å². The maximum Gasteiger partial charge on any atom is 0.344 e. The number of carbonyl (C=O) groups excluding carboxylic acids is 2. The average Bonchev–Trinajstić information content (AvgIpc) is 3.06. The predicted molar refractivity (Wildman–Crippen MR) is 123 cm³/mol. The van der Waals surface area contributed by atoms with Gasteiger partial charge in [-0.3, -0.25) is 13.9 Å². The van der Waals surface area contributed by atoms with Crippen LogP contribution in [-0.4, -0.2) is 41.3 Å². The van der Waals surface area contributed by atoms with Crippen LogP contribution in [0, 0.1) is 0 Å². The minimum atomic E-state index is -0.463. The van der Waals surface area contributed by atoms with E-state index in [1.807, 2.05) is 31.2 Å². The third kappa shape index (κ3) is 5.54. The number of aromatic nitrogens is 2. The molecule has 9 nitrogen and oxygen atoms in total. The van der Waals surface area contributed by atoms with E-state index in [1.165, 1.54) is 7.11 Å². The lowest BCUT2D eigenvalue weighted by atomic mass is 10.1. The van der Waals surface area contributed by atoms with Gasteiger partial charge in [-0.2, -0.15) is 0 Å². The Morgan fingerprint density at radius 2 is 1.82 bits per heavy atom. The Morgan fingerprint density at radius 1 is 1.09 bits per heavy atom. The second-order valence-electron chi connectivity index (χ2n) is 7.53. The number of amides is 1. The Labute approximate surface area is 191 Å². The number of carbonyl (C=O) groups is 2. The molecule has 2 aromatic carbocycles. The molecule has 1 amide bonds. The second kappa shape index (κ2) is 10.7. The highest BCUT2D eigenvalue weighted by molar-refractivity contribution is 5.78. The fraction of sp³-hybridized carbons (Fsp3) is 0.375. The van der Waals surface area contributed by atoms with Crippen molar-refractivity contribution in [3.8, 4) is 11.5 Å². The van der Waals surface area contributed by atoms with Gasteiger partial charge in [0.25, 0.3) is 0 Å². The Balaban J connectivity index is 1.62. The van der Waals surface area contributed by atoms with Crippen LogP contribution in [0.3, 0.4) is 0 Å². The SMILES string of the molecule is CCOC(=O)COc1ccc(C(C)NC(=O)CCn2c(=O)n(C)c3ccccc32)cc1OC. The van der Waals surface area contributed by atoms with Gasteiger partial charge in [-0.25, -0.2) is 9.59 Å². The number of esters is 1. The van der Waals surface area contributed by atoms with Crippen LogP contribution in [0.5, 0.6) is 11.5 Å². The lowest BCUT2D eigenvalue weighted by Crippen LogP contribution is -2.29. The number of hydrogen-bond donors (Lipinski definition) is 1. The molecular formula is C24H29N3O6. The van der Waals surface area contributed by atoms with Crippen LogP contribution < -0.4 is 20.5 Å². The molecule has 0 saturated carbocycles. The maximum atomic E-state index is 12.6. The van der Waals surface area contributed by atoms with Crippen molar-refractivity contribution in [2.24, 2.45) is 7.05 Å². The third-order valence-electron chi connectivity index (χ3n) is 5.33. The quantitative estimate of drug-likeness (QED) is 0.472. The minimum Gasteiger partial charge on any atom is -0.493 e. The molecule has 1 atom stereocenters. The zero-order valence-corrected chi connectivity index (χ0v) is 19.3. The number of nitrogens with one attached hydrogen (secondary N) is 1. The standard InChI is InChI=1S/C24H29N3O6/c1-5-32-23(29)15-33-20-11-10-17(14-21(20)31-4)16(2)25-22(28)12-13-27-19-9-7-6-8-18(19)26(3)24(27)30/h6-11,14,16H,5,12-13,15H2,1-4H3,(H,25,28). The van der Waals surface area contributed by atoms with Gasteiger partial charge in [-0.1, -0.05) is 18.2 Å². The summed E-state index contributed by atoms with van der Waals surface area (Å²) in [6.07, 6.45) is 0.163. The highest BCUT2D eigenvalue weighted by atomic mass is 16.6. The van der Waals surface area contributed by atoms with E-state index >= 15 is 0 Å². The van der Waals surface area contributed by atoms with Gasteiger partial charge in [-0.05, 0) is 43.7 Å². The number of methoxy groups -OCH3 is 1. The Hall–Kier alpha value is -3.75. The molecule has 1 unspecified atom stereocenters. The van der Waals surface area contributed by atoms with Crippen LogP contribution >= 0.6 is 0 Å². The Kier molecular flexibility index (Phi) is 7.76. The van der Waals surface area contributed by atoms with Crippen LogP contribution in [0.25, 0.3) is 11.0 Å². The van der Waals surface area contributed by atoms with Crippen molar-refractivity contribution in [2.45, 2.75) is 32.9 Å². The molecule has 9 heteroatoms. The smallest absolute Gasteiger partial charge is 0.344 e. The summed E-state index contributed by atoms with van der Waals surface area (Å²) in [6, 6.07) is 12.4. The molecule has 1 aromatic heterocycles. The summed E-state index contributed by atoms with van der Waals surface area (Å²) >= 11 is 0. The zero-order valence-electron chi connectivity index (χ0n) is 19.3. The van der Waals surface area contributed by atoms with Crippen molar-refractivity contribution in [2.75, 3.05) is 20.3 Å². The summed E-state index contributed by atoms with van der Waals surface area (Å²) in [5.41, 5.74) is 2.29. The molecule has 1 heterocycles. The molecule has 0 aliphatic rings. The molecule has 176 valence electrons. The van der Waals surface area contributed by atoms with E-state index in [4.69, 9.17) is 14.2 Å². The first-order valence-electron chi connectivity index (χ1n) is 10.8. The number of ether oxygens (including phenoxy) is 3. The van der Waals surface area contributed by atoms with Crippen molar-refractivity contribution in [1.82, 2.24) is 14.5 Å². The number of nitrogens with zero attached hydrogens (tertiary/aromatic N) is 2. The largest absolute Gasteiger partial charge is 0.493 e. The minimum absolute atomic E-state index is 0.153. The lowest BCUT2D eigenvalue weighted by molar-refractivity contribution is -0.145. The summed E-state index contributed by atoms with van der Waals surface area (Å²) in [7, 11) is 3.22. The number of fused-ring (bicyclic) bond motifs is 1. The summed E-state index contributed by atoms with van der Waals surface area (Å²) < 4.78 is 18.9. The Bertz CT molecular complexity index is 1200. The molecule has 3 rings (SSSR count). The molecule has 0 aliphatic heterocycles. The Morgan fingerprint density at radius 3 is 2.52 bits per heavy atom. The summed E-state index contributed by atoms with van der Waals surface area (Å²) in [4.78, 5) is 36.6. The number of benzene rings is 2. The van der Waals surface area contributed by atoms with Gasteiger partial charge in [-0.15, -0.1) is 0 Å². The third-order valence-corrected chi connectivity index (χ3v) is 5.33. The number of aryl methyl sites for hydroxylation is 2. The summed E-state index contributed by atoms with van der Waals surface area (Å²) in [6.45, 7) is 3.93. The zero-order chi connectivity index (χ0) is 24.0. The molecule has 33 heavy (non-hydrogen) atoms. The monoisotopic (exact) mass is 455 g/mol. The van der Waals surface area contributed by atoms with Crippen molar-refractivity contribution < 1.29 is 23.8 Å². The molecule has 3 aromatic rings. The van der Waals surface area contributed by atoms with E-state index < -0.39 is 5.97 Å². The summed E-state index contributed by atoms with van der Waals surface area (Å²) in [5.74, 6) is 0.210. The van der Waals surface area contributed by atoms with E-state index in [2.05, 4.69) is 5.32 Å². The van der Waals surface area contributed by atoms with Crippen molar-refractivity contribution in [3.05, 3.63) is 58.5 Å². The first kappa shape index (κ1) is 23.9. The van der Waals surface area contributed by atoms with Gasteiger partial charge in [0.1, 0.15) is 0 Å². The predicted octanol–water partition coefficient (Wildman–Crippen LogP) is 2.56. The molecule has 0 radical (unpaired) electrons. The lowest BCUT2D eigenvalue weighted by Gasteiger charge is -2.17. The molecule has 1 N–H and O–H groups in total. The molecular weight excluding hydrogens is 426 g/mol. The van der Waals surface area contributed by atoms with Gasteiger partial charge >= 0.3 is 11.7 Å². The number of rotatable bonds is 10. The number of hydrogen-bond acceptors (Lipinski definition) is 6. The molecule has 0 saturated heterocycles. The highest BCUT2D eigenvalue weighted by Crippen LogP contribution is 2.30. The van der Waals surface area contributed by atoms with E-state index in [9.17, 15) is 14.4 Å². The molecule has 0 fully saturated rings. The molecule has 0 aliphatic carbocycles. The van der Waals surface area contributed by atoms with E-state index in [0.29, 0.717) is 11.5 Å². The van der Waals surface area contributed by atoms with Crippen LogP contribution in [-0.2, 0) is 27.9 Å². The average molecular weight is 456 g/mol. The fourth-order valence-electron chi connectivity index (χ4n) is 3.60. The van der Waals surface area contributed by atoms with Gasteiger partial charge in [0.05, 0.1) is 30.8 Å². The second-order valence-corrected chi connectivity index (χ2v) is 7.53. The fourth-order valence-corrected chi connectivity index (χ4v) is 3.60. The van der Waals surface area contributed by atoms with Gasteiger partial charge < -0.3 is 19.5 Å². The van der Waals surface area contributed by atoms with Crippen LogP contribution in [0.4, 0.5) is 0 Å². The van der Waals surface area contributed by atoms with Crippen LogP contribution in [0.2, 0.25) is 0 Å². The number of imidazole rings is 1. The molecule has 0 spiro atoms. The van der Waals surface area contributed by atoms with Gasteiger partial charge in [0, 0.05) is 20.0 Å². The van der Waals surface area contributed by atoms with Crippen molar-refractivity contribution in [3.63, 3.8) is 0 Å².